The topological polar surface area (TPSA) is 35.0 Å². The van der Waals surface area contributed by atoms with Gasteiger partial charge in [0.05, 0.1) is 5.39 Å². The number of halogens is 1. The Kier molecular flexibility index (Phi) is 4.60. The highest BCUT2D eigenvalue weighted by Gasteiger charge is 2.37. The van der Waals surface area contributed by atoms with Crippen LogP contribution in [-0.4, -0.2) is 24.9 Å². The Balaban J connectivity index is 1.75. The predicted molar refractivity (Wildman–Crippen MR) is 101 cm³/mol. The zero-order valence-electron chi connectivity index (χ0n) is 14.6. The molecule has 0 N–H and O–H groups in total. The standard InChI is InChI=1S/C17H25ClN2OSSi/c1-17(2,3)23(4,5)21-9-8-11-6-7-12-13(11)14-15(18)19-10-20-16(14)22-12/h10-11H,6-9H2,1-5H3. The number of nitrogens with zero attached hydrogens (tertiary/aromatic N) is 2. The van der Waals surface area contributed by atoms with Gasteiger partial charge in [0, 0.05) is 11.5 Å². The minimum absolute atomic E-state index is 0.264. The summed E-state index contributed by atoms with van der Waals surface area (Å²) in [7, 11) is -1.67. The second kappa shape index (κ2) is 6.10. The van der Waals surface area contributed by atoms with Crippen molar-refractivity contribution in [3.8, 4) is 0 Å². The van der Waals surface area contributed by atoms with Crippen molar-refractivity contribution >= 4 is 41.5 Å². The maximum atomic E-state index is 6.37. The molecule has 1 aliphatic carbocycles. The Morgan fingerprint density at radius 1 is 1.35 bits per heavy atom. The largest absolute Gasteiger partial charge is 0.417 e. The summed E-state index contributed by atoms with van der Waals surface area (Å²) in [6.07, 6.45) is 4.96. The summed E-state index contributed by atoms with van der Waals surface area (Å²) in [6.45, 7) is 12.3. The molecule has 3 rings (SSSR count). The Morgan fingerprint density at radius 2 is 2.09 bits per heavy atom. The monoisotopic (exact) mass is 368 g/mol. The van der Waals surface area contributed by atoms with Crippen molar-refractivity contribution < 1.29 is 4.43 Å². The highest BCUT2D eigenvalue weighted by atomic mass is 35.5. The van der Waals surface area contributed by atoms with Crippen LogP contribution >= 0.6 is 22.9 Å². The number of hydrogen-bond acceptors (Lipinski definition) is 4. The van der Waals surface area contributed by atoms with Crippen LogP contribution in [-0.2, 0) is 10.8 Å². The van der Waals surface area contributed by atoms with E-state index in [-0.39, 0.29) is 5.04 Å². The predicted octanol–water partition coefficient (Wildman–Crippen LogP) is 5.79. The summed E-state index contributed by atoms with van der Waals surface area (Å²) < 4.78 is 6.37. The van der Waals surface area contributed by atoms with E-state index in [9.17, 15) is 0 Å². The fraction of sp³-hybridized carbons (Fsp3) is 0.647. The van der Waals surface area contributed by atoms with Crippen LogP contribution in [0.3, 0.4) is 0 Å². The van der Waals surface area contributed by atoms with Gasteiger partial charge in [-0.3, -0.25) is 0 Å². The van der Waals surface area contributed by atoms with Gasteiger partial charge < -0.3 is 4.43 Å². The first kappa shape index (κ1) is 17.3. The van der Waals surface area contributed by atoms with E-state index in [1.807, 2.05) is 0 Å². The highest BCUT2D eigenvalue weighted by Crippen LogP contribution is 2.46. The number of hydrogen-bond donors (Lipinski definition) is 0. The van der Waals surface area contributed by atoms with Crippen LogP contribution in [0.5, 0.6) is 0 Å². The third-order valence-electron chi connectivity index (χ3n) is 5.42. The van der Waals surface area contributed by atoms with Gasteiger partial charge in [0.1, 0.15) is 16.3 Å². The molecule has 0 aliphatic heterocycles. The SMILES string of the molecule is CC(C)(C)[Si](C)(C)OCCC1CCc2sc3ncnc(Cl)c3c21. The van der Waals surface area contributed by atoms with Crippen molar-refractivity contribution in [1.82, 2.24) is 9.97 Å². The minimum atomic E-state index is -1.67. The molecular formula is C17H25ClN2OSSi. The molecule has 0 saturated heterocycles. The number of fused-ring (bicyclic) bond motifs is 3. The second-order valence-corrected chi connectivity index (χ2v) is 14.2. The molecule has 0 bridgehead atoms. The summed E-state index contributed by atoms with van der Waals surface area (Å²) in [4.78, 5) is 11.0. The Morgan fingerprint density at radius 3 is 2.78 bits per heavy atom. The van der Waals surface area contributed by atoms with Crippen molar-refractivity contribution in [1.29, 1.82) is 0 Å². The van der Waals surface area contributed by atoms with Gasteiger partial charge in [-0.1, -0.05) is 32.4 Å². The third-order valence-corrected chi connectivity index (χ3v) is 11.4. The maximum Gasteiger partial charge on any atom is 0.191 e. The molecule has 0 spiro atoms. The van der Waals surface area contributed by atoms with Crippen LogP contribution in [0.2, 0.25) is 23.3 Å². The molecule has 2 aromatic rings. The van der Waals surface area contributed by atoms with Crippen LogP contribution < -0.4 is 0 Å². The molecule has 0 amide bonds. The molecule has 2 heterocycles. The lowest BCUT2D eigenvalue weighted by Crippen LogP contribution is -2.41. The van der Waals surface area contributed by atoms with Crippen LogP contribution in [0.15, 0.2) is 6.33 Å². The molecule has 126 valence electrons. The molecule has 1 atom stereocenters. The summed E-state index contributed by atoms with van der Waals surface area (Å²) >= 11 is 8.12. The number of aryl methyl sites for hydroxylation is 1. The second-order valence-electron chi connectivity index (χ2n) is 7.92. The smallest absolute Gasteiger partial charge is 0.191 e. The normalized spacial score (nSPS) is 18.6. The van der Waals surface area contributed by atoms with Gasteiger partial charge in [0.25, 0.3) is 0 Å². The van der Waals surface area contributed by atoms with Crippen LogP contribution in [0.4, 0.5) is 0 Å². The van der Waals surface area contributed by atoms with E-state index in [1.165, 1.54) is 16.9 Å². The lowest BCUT2D eigenvalue weighted by Gasteiger charge is -2.36. The van der Waals surface area contributed by atoms with Gasteiger partial charge >= 0.3 is 0 Å². The van der Waals surface area contributed by atoms with Gasteiger partial charge in [0.2, 0.25) is 0 Å². The molecule has 0 aromatic carbocycles. The first-order valence-electron chi connectivity index (χ1n) is 8.26. The average Bonchev–Trinajstić information content (AvgIpc) is 2.97. The van der Waals surface area contributed by atoms with E-state index in [2.05, 4.69) is 43.8 Å². The first-order chi connectivity index (χ1) is 10.7. The summed E-state index contributed by atoms with van der Waals surface area (Å²) in [6, 6.07) is 0. The van der Waals surface area contributed by atoms with Gasteiger partial charge in [-0.25, -0.2) is 9.97 Å². The van der Waals surface area contributed by atoms with Crippen LogP contribution in [0.1, 0.15) is 50.0 Å². The van der Waals surface area contributed by atoms with Gasteiger partial charge in [-0.2, -0.15) is 0 Å². The van der Waals surface area contributed by atoms with E-state index in [0.717, 1.165) is 29.7 Å². The van der Waals surface area contributed by atoms with Gasteiger partial charge in [-0.15, -0.1) is 11.3 Å². The summed E-state index contributed by atoms with van der Waals surface area (Å²) in [5.74, 6) is 0.534. The fourth-order valence-electron chi connectivity index (χ4n) is 2.99. The Bertz CT molecular complexity index is 723. The van der Waals surface area contributed by atoms with Crippen molar-refractivity contribution in [2.24, 2.45) is 0 Å². The summed E-state index contributed by atoms with van der Waals surface area (Å²) in [5.41, 5.74) is 1.40. The molecule has 0 fully saturated rings. The quantitative estimate of drug-likeness (QED) is 0.506. The van der Waals surface area contributed by atoms with Crippen LogP contribution in [0, 0.1) is 0 Å². The molecular weight excluding hydrogens is 344 g/mol. The molecule has 0 saturated carbocycles. The number of aromatic nitrogens is 2. The molecule has 1 aliphatic rings. The van der Waals surface area contributed by atoms with E-state index in [4.69, 9.17) is 16.0 Å². The van der Waals surface area contributed by atoms with E-state index < -0.39 is 8.32 Å². The van der Waals surface area contributed by atoms with E-state index in [1.54, 1.807) is 17.7 Å². The van der Waals surface area contributed by atoms with E-state index in [0.29, 0.717) is 11.1 Å². The van der Waals surface area contributed by atoms with Gasteiger partial charge in [0.15, 0.2) is 8.32 Å². The van der Waals surface area contributed by atoms with Crippen molar-refractivity contribution in [2.75, 3.05) is 6.61 Å². The highest BCUT2D eigenvalue weighted by molar-refractivity contribution is 7.19. The van der Waals surface area contributed by atoms with Crippen molar-refractivity contribution in [3.63, 3.8) is 0 Å². The van der Waals surface area contributed by atoms with Crippen molar-refractivity contribution in [3.05, 3.63) is 21.9 Å². The first-order valence-corrected chi connectivity index (χ1v) is 12.4. The number of rotatable bonds is 4. The lowest BCUT2D eigenvalue weighted by molar-refractivity contribution is 0.271. The molecule has 0 radical (unpaired) electrons. The maximum absolute atomic E-state index is 6.37. The lowest BCUT2D eigenvalue weighted by atomic mass is 9.98. The molecule has 1 unspecified atom stereocenters. The Hall–Kier alpha value is -0.493. The minimum Gasteiger partial charge on any atom is -0.417 e. The zero-order chi connectivity index (χ0) is 16.8. The van der Waals surface area contributed by atoms with Crippen LogP contribution in [0.25, 0.3) is 10.2 Å². The van der Waals surface area contributed by atoms with E-state index >= 15 is 0 Å². The Labute approximate surface area is 148 Å². The summed E-state index contributed by atoms with van der Waals surface area (Å²) in [5, 5.41) is 1.95. The third kappa shape index (κ3) is 3.21. The molecule has 23 heavy (non-hydrogen) atoms. The zero-order valence-corrected chi connectivity index (χ0v) is 17.1. The average molecular weight is 369 g/mol. The fourth-order valence-corrected chi connectivity index (χ4v) is 5.59. The molecule has 3 nitrogen and oxygen atoms in total. The van der Waals surface area contributed by atoms with Gasteiger partial charge in [-0.05, 0) is 48.9 Å². The van der Waals surface area contributed by atoms with Crippen molar-refractivity contribution in [2.45, 2.75) is 64.1 Å². The molecule has 6 heteroatoms. The number of thiophene rings is 1. The molecule has 2 aromatic heterocycles.